The molecule has 0 amide bonds. The van der Waals surface area contributed by atoms with E-state index < -0.39 is 50.2 Å². The summed E-state index contributed by atoms with van der Waals surface area (Å²) in [6, 6.07) is 1.05. The van der Waals surface area contributed by atoms with Crippen LogP contribution in [0.25, 0.3) is 0 Å². The highest BCUT2D eigenvalue weighted by atomic mass is 31.2. The number of H-pyrrole nitrogens is 1. The molecule has 5 N–H and O–H groups in total. The lowest BCUT2D eigenvalue weighted by Crippen LogP contribution is -2.37. The lowest BCUT2D eigenvalue weighted by Gasteiger charge is -2.16. The molecule has 1 fully saturated rings. The molecule has 11 nitrogen and oxygen atoms in total. The van der Waals surface area contributed by atoms with Gasteiger partial charge in [-0.05, 0) is 0 Å². The topological polar surface area (TPSA) is 171 Å². The van der Waals surface area contributed by atoms with Gasteiger partial charge in [0.2, 0.25) is 0 Å². The molecule has 0 radical (unpaired) electrons. The molecule has 4 unspecified atom stereocenters. The zero-order valence-electron chi connectivity index (χ0n) is 11.1. The number of nitrogens with one attached hydrogen (secondary N) is 1. The van der Waals surface area contributed by atoms with Gasteiger partial charge in [0.05, 0.1) is 12.7 Å². The highest BCUT2D eigenvalue weighted by Crippen LogP contribution is 2.37. The number of phosphoric ester groups is 1. The van der Waals surface area contributed by atoms with Crippen LogP contribution in [-0.2, 0) is 13.8 Å². The van der Waals surface area contributed by atoms with Gasteiger partial charge in [-0.15, -0.1) is 0 Å². The van der Waals surface area contributed by atoms with Crippen molar-refractivity contribution in [2.24, 2.45) is 0 Å². The Morgan fingerprint density at radius 2 is 2.00 bits per heavy atom. The van der Waals surface area contributed by atoms with E-state index in [2.05, 4.69) is 4.52 Å². The number of aromatic amines is 1. The first-order valence-corrected chi connectivity index (χ1v) is 7.75. The van der Waals surface area contributed by atoms with Crippen LogP contribution in [0.1, 0.15) is 12.6 Å². The Hall–Kier alpha value is -1.33. The average molecular weight is 338 g/mol. The molecule has 12 heteroatoms. The predicted molar refractivity (Wildman–Crippen MR) is 69.9 cm³/mol. The lowest BCUT2D eigenvalue weighted by atomic mass is 10.1. The van der Waals surface area contributed by atoms with Gasteiger partial charge in [0.1, 0.15) is 12.2 Å². The molecule has 1 saturated heterocycles. The Bertz CT molecular complexity index is 679. The summed E-state index contributed by atoms with van der Waals surface area (Å²) in [5, 5.41) is 19.8. The summed E-state index contributed by atoms with van der Waals surface area (Å²) >= 11 is 0. The molecule has 22 heavy (non-hydrogen) atoms. The van der Waals surface area contributed by atoms with Crippen LogP contribution >= 0.6 is 7.82 Å². The summed E-state index contributed by atoms with van der Waals surface area (Å²) in [6.07, 6.45) is -4.08. The van der Waals surface area contributed by atoms with Crippen molar-refractivity contribution in [3.63, 3.8) is 0 Å². The predicted octanol–water partition coefficient (Wildman–Crippen LogP) is -2.34. The number of nitrogens with zero attached hydrogens (tertiary/aromatic N) is 1. The lowest BCUT2D eigenvalue weighted by molar-refractivity contribution is -0.0450. The van der Waals surface area contributed by atoms with E-state index in [0.29, 0.717) is 0 Å². The second-order valence-electron chi connectivity index (χ2n) is 4.68. The van der Waals surface area contributed by atoms with Gasteiger partial charge in [0, 0.05) is 18.7 Å². The van der Waals surface area contributed by atoms with E-state index in [9.17, 15) is 24.4 Å². The molecular formula is C10H15N2O9P. The van der Waals surface area contributed by atoms with Gasteiger partial charge < -0.3 is 24.7 Å². The van der Waals surface area contributed by atoms with Crippen LogP contribution in [0, 0.1) is 0 Å². The molecule has 1 aromatic heterocycles. The molecule has 2 heterocycles. The minimum Gasteiger partial charge on any atom is -0.388 e. The van der Waals surface area contributed by atoms with Crippen molar-refractivity contribution in [2.45, 2.75) is 31.0 Å². The average Bonchev–Trinajstić information content (AvgIpc) is 2.66. The van der Waals surface area contributed by atoms with Crippen molar-refractivity contribution < 1.29 is 33.8 Å². The van der Waals surface area contributed by atoms with E-state index in [0.717, 1.165) is 16.8 Å². The number of phosphoric acid groups is 1. The molecule has 0 bridgehead atoms. The van der Waals surface area contributed by atoms with Crippen LogP contribution in [0.4, 0.5) is 0 Å². The van der Waals surface area contributed by atoms with Crippen molar-refractivity contribution >= 4 is 7.82 Å². The number of rotatable bonds is 5. The van der Waals surface area contributed by atoms with E-state index in [-0.39, 0.29) is 6.42 Å². The second kappa shape index (κ2) is 6.42. The smallest absolute Gasteiger partial charge is 0.388 e. The quantitative estimate of drug-likeness (QED) is 0.369. The van der Waals surface area contributed by atoms with Gasteiger partial charge in [0.15, 0.2) is 6.23 Å². The normalized spacial score (nSPS) is 28.9. The fraction of sp³-hybridized carbons (Fsp3) is 0.600. The van der Waals surface area contributed by atoms with Crippen LogP contribution < -0.4 is 11.2 Å². The summed E-state index contributed by atoms with van der Waals surface area (Å²) in [5.41, 5.74) is -1.45. The first-order valence-electron chi connectivity index (χ1n) is 6.22. The number of aromatic nitrogens is 2. The largest absolute Gasteiger partial charge is 0.469 e. The summed E-state index contributed by atoms with van der Waals surface area (Å²) in [5.74, 6) is 0. The number of hydrogen-bond acceptors (Lipinski definition) is 7. The fourth-order valence-corrected chi connectivity index (χ4v) is 2.46. The molecule has 0 aliphatic carbocycles. The summed E-state index contributed by atoms with van der Waals surface area (Å²) in [6.45, 7) is -0.411. The molecule has 1 aliphatic heterocycles. The Labute approximate surface area is 123 Å². The maximum atomic E-state index is 11.6. The van der Waals surface area contributed by atoms with E-state index in [4.69, 9.17) is 14.5 Å². The number of aliphatic hydroxyl groups excluding tert-OH is 2. The Morgan fingerprint density at radius 3 is 2.59 bits per heavy atom. The highest BCUT2D eigenvalue weighted by Gasteiger charge is 2.43. The third kappa shape index (κ3) is 3.90. The van der Waals surface area contributed by atoms with Gasteiger partial charge in [-0.1, -0.05) is 0 Å². The standard InChI is InChI=1S/C10H15N2O9P/c13-6-1-3-12(10(16)11-6)9-8(15)7(14)5(21-9)2-4-20-22(17,18)19/h1,3,5,7-9,14-15H,2,4H2,(H,11,13,16)(H2,17,18,19). The van der Waals surface area contributed by atoms with Crippen LogP contribution in [0.15, 0.2) is 21.9 Å². The van der Waals surface area contributed by atoms with E-state index in [1.54, 1.807) is 0 Å². The molecule has 4 atom stereocenters. The second-order valence-corrected chi connectivity index (χ2v) is 5.92. The molecule has 1 aliphatic rings. The number of ether oxygens (including phenoxy) is 1. The van der Waals surface area contributed by atoms with Crippen LogP contribution in [0.3, 0.4) is 0 Å². The van der Waals surface area contributed by atoms with Crippen molar-refractivity contribution in [3.05, 3.63) is 33.1 Å². The van der Waals surface area contributed by atoms with Crippen LogP contribution in [0.2, 0.25) is 0 Å². The molecular weight excluding hydrogens is 323 g/mol. The van der Waals surface area contributed by atoms with Crippen LogP contribution in [-0.4, -0.2) is 54.5 Å². The third-order valence-electron chi connectivity index (χ3n) is 3.12. The number of aliphatic hydroxyl groups is 2. The van der Waals surface area contributed by atoms with Gasteiger partial charge in [-0.25, -0.2) is 9.36 Å². The van der Waals surface area contributed by atoms with Gasteiger partial charge >= 0.3 is 13.5 Å². The first-order chi connectivity index (χ1) is 10.2. The molecule has 0 spiro atoms. The maximum absolute atomic E-state index is 11.6. The zero-order valence-corrected chi connectivity index (χ0v) is 12.0. The molecule has 1 aromatic rings. The van der Waals surface area contributed by atoms with Gasteiger partial charge in [-0.2, -0.15) is 0 Å². The SMILES string of the molecule is O=c1ccn(C2OC(CCOP(=O)(O)O)C(O)C2O)c(=O)[nH]1. The monoisotopic (exact) mass is 338 g/mol. The Kier molecular flexibility index (Phi) is 4.97. The summed E-state index contributed by atoms with van der Waals surface area (Å²) in [4.78, 5) is 41.7. The van der Waals surface area contributed by atoms with Crippen molar-refractivity contribution in [1.29, 1.82) is 0 Å². The molecule has 0 aromatic carbocycles. The molecule has 124 valence electrons. The zero-order chi connectivity index (χ0) is 16.5. The van der Waals surface area contributed by atoms with Crippen LogP contribution in [0.5, 0.6) is 0 Å². The van der Waals surface area contributed by atoms with Gasteiger partial charge in [0.25, 0.3) is 5.56 Å². The molecule has 2 rings (SSSR count). The Balaban J connectivity index is 2.08. The minimum atomic E-state index is -4.64. The minimum absolute atomic E-state index is 0.113. The number of hydrogen-bond donors (Lipinski definition) is 5. The van der Waals surface area contributed by atoms with Crippen molar-refractivity contribution in [2.75, 3.05) is 6.61 Å². The summed E-state index contributed by atoms with van der Waals surface area (Å²) < 4.78 is 21.0. The van der Waals surface area contributed by atoms with Crippen molar-refractivity contribution in [1.82, 2.24) is 9.55 Å². The first kappa shape index (κ1) is 17.0. The third-order valence-corrected chi connectivity index (χ3v) is 3.64. The highest BCUT2D eigenvalue weighted by molar-refractivity contribution is 7.46. The van der Waals surface area contributed by atoms with Gasteiger partial charge in [-0.3, -0.25) is 18.9 Å². The maximum Gasteiger partial charge on any atom is 0.469 e. The Morgan fingerprint density at radius 1 is 1.32 bits per heavy atom. The van der Waals surface area contributed by atoms with E-state index >= 15 is 0 Å². The fourth-order valence-electron chi connectivity index (χ4n) is 2.11. The summed E-state index contributed by atoms with van der Waals surface area (Å²) in [7, 11) is -4.64. The van der Waals surface area contributed by atoms with E-state index in [1.165, 1.54) is 0 Å². The molecule has 0 saturated carbocycles. The van der Waals surface area contributed by atoms with E-state index in [1.807, 2.05) is 4.98 Å². The van der Waals surface area contributed by atoms with Crippen molar-refractivity contribution in [3.8, 4) is 0 Å².